The molecule has 6 nitrogen and oxygen atoms in total. The second-order valence-corrected chi connectivity index (χ2v) is 6.41. The van der Waals surface area contributed by atoms with Crippen molar-refractivity contribution in [1.29, 1.82) is 0 Å². The number of nitrogens with one attached hydrogen (secondary N) is 1. The topological polar surface area (TPSA) is 61.9 Å². The molecule has 1 aliphatic heterocycles. The molecule has 138 valence electrons. The average molecular weight is 347 g/mol. The maximum atomic E-state index is 12.6. The molecule has 1 fully saturated rings. The Morgan fingerprint density at radius 3 is 2.64 bits per heavy atom. The van der Waals surface area contributed by atoms with Gasteiger partial charge in [0, 0.05) is 31.9 Å². The summed E-state index contributed by atoms with van der Waals surface area (Å²) in [5.74, 6) is 0.817. The zero-order chi connectivity index (χ0) is 18.4. The molecular formula is C19H29N3O3. The number of urea groups is 1. The summed E-state index contributed by atoms with van der Waals surface area (Å²) in [5.41, 5.74) is 1.71. The van der Waals surface area contributed by atoms with Gasteiger partial charge in [0.1, 0.15) is 5.75 Å². The first-order chi connectivity index (χ1) is 12.0. The van der Waals surface area contributed by atoms with Crippen molar-refractivity contribution in [2.45, 2.75) is 33.6 Å². The highest BCUT2D eigenvalue weighted by atomic mass is 16.5. The number of amides is 3. The monoisotopic (exact) mass is 347 g/mol. The fourth-order valence-corrected chi connectivity index (χ4v) is 3.25. The lowest BCUT2D eigenvalue weighted by Crippen LogP contribution is -2.48. The average Bonchev–Trinajstić information content (AvgIpc) is 2.64. The van der Waals surface area contributed by atoms with E-state index in [1.54, 1.807) is 12.0 Å². The van der Waals surface area contributed by atoms with E-state index < -0.39 is 0 Å². The van der Waals surface area contributed by atoms with Crippen molar-refractivity contribution < 1.29 is 14.3 Å². The highest BCUT2D eigenvalue weighted by molar-refractivity contribution is 5.91. The Kier molecular flexibility index (Phi) is 6.67. The minimum absolute atomic E-state index is 0.101. The van der Waals surface area contributed by atoms with Gasteiger partial charge in [-0.05, 0) is 57.4 Å². The molecule has 0 aromatic heterocycles. The number of carbonyl (C=O) groups excluding carboxylic acids is 2. The molecular weight excluding hydrogens is 318 g/mol. The van der Waals surface area contributed by atoms with Gasteiger partial charge in [-0.3, -0.25) is 4.79 Å². The first kappa shape index (κ1) is 19.1. The molecule has 0 bridgehead atoms. The molecule has 0 saturated carbocycles. The van der Waals surface area contributed by atoms with Crippen molar-refractivity contribution in [2.24, 2.45) is 5.92 Å². The third kappa shape index (κ3) is 4.65. The van der Waals surface area contributed by atoms with Crippen LogP contribution in [0.5, 0.6) is 5.75 Å². The highest BCUT2D eigenvalue weighted by Gasteiger charge is 2.30. The number of benzene rings is 1. The zero-order valence-electron chi connectivity index (χ0n) is 15.7. The van der Waals surface area contributed by atoms with Crippen LogP contribution in [0.2, 0.25) is 0 Å². The smallest absolute Gasteiger partial charge is 0.321 e. The predicted molar refractivity (Wildman–Crippen MR) is 99.0 cm³/mol. The molecule has 0 spiro atoms. The van der Waals surface area contributed by atoms with Crippen LogP contribution >= 0.6 is 0 Å². The maximum absolute atomic E-state index is 12.6. The molecule has 25 heavy (non-hydrogen) atoms. The number of hydrogen-bond acceptors (Lipinski definition) is 3. The van der Waals surface area contributed by atoms with Crippen molar-refractivity contribution in [1.82, 2.24) is 9.80 Å². The van der Waals surface area contributed by atoms with Crippen molar-refractivity contribution in [3.05, 3.63) is 23.8 Å². The van der Waals surface area contributed by atoms with Gasteiger partial charge in [0.05, 0.1) is 13.0 Å². The summed E-state index contributed by atoms with van der Waals surface area (Å²) in [7, 11) is 1.62. The first-order valence-corrected chi connectivity index (χ1v) is 8.99. The Bertz CT molecular complexity index is 614. The standard InChI is InChI=1S/C19H29N3O3/c1-5-21(6-2)18(23)15-8-7-11-22(13-15)19(24)20-17-10-9-16(25-4)12-14(17)3/h9-10,12,15H,5-8,11,13H2,1-4H3,(H,20,24). The summed E-state index contributed by atoms with van der Waals surface area (Å²) in [5, 5.41) is 2.95. The molecule has 1 unspecified atom stereocenters. The number of likely N-dealkylation sites (tertiary alicyclic amines) is 1. The molecule has 1 aliphatic rings. The summed E-state index contributed by atoms with van der Waals surface area (Å²) in [6.07, 6.45) is 1.70. The summed E-state index contributed by atoms with van der Waals surface area (Å²) >= 11 is 0. The van der Waals surface area contributed by atoms with Gasteiger partial charge >= 0.3 is 6.03 Å². The fraction of sp³-hybridized carbons (Fsp3) is 0.579. The largest absolute Gasteiger partial charge is 0.497 e. The molecule has 1 saturated heterocycles. The maximum Gasteiger partial charge on any atom is 0.321 e. The van der Waals surface area contributed by atoms with Gasteiger partial charge in [-0.25, -0.2) is 4.79 Å². The minimum Gasteiger partial charge on any atom is -0.497 e. The van der Waals surface area contributed by atoms with E-state index in [2.05, 4.69) is 5.32 Å². The molecule has 2 rings (SSSR count). The van der Waals surface area contributed by atoms with E-state index in [4.69, 9.17) is 4.74 Å². The Balaban J connectivity index is 2.01. The number of ether oxygens (including phenoxy) is 1. The summed E-state index contributed by atoms with van der Waals surface area (Å²) in [6.45, 7) is 8.49. The summed E-state index contributed by atoms with van der Waals surface area (Å²) in [6, 6.07) is 5.41. The molecule has 0 radical (unpaired) electrons. The number of anilines is 1. The van der Waals surface area contributed by atoms with E-state index in [0.717, 1.165) is 29.8 Å². The van der Waals surface area contributed by atoms with Gasteiger partial charge < -0.3 is 19.9 Å². The van der Waals surface area contributed by atoms with Gasteiger partial charge in [-0.1, -0.05) is 0 Å². The van der Waals surface area contributed by atoms with Gasteiger partial charge in [-0.15, -0.1) is 0 Å². The van der Waals surface area contributed by atoms with Crippen molar-refractivity contribution in [3.63, 3.8) is 0 Å². The number of methoxy groups -OCH3 is 1. The molecule has 0 aliphatic carbocycles. The molecule has 3 amide bonds. The Labute approximate surface area is 150 Å². The lowest BCUT2D eigenvalue weighted by atomic mass is 9.96. The highest BCUT2D eigenvalue weighted by Crippen LogP contribution is 2.23. The van der Waals surface area contributed by atoms with E-state index in [1.165, 1.54) is 0 Å². The molecule has 1 aromatic carbocycles. The molecule has 1 heterocycles. The number of nitrogens with zero attached hydrogens (tertiary/aromatic N) is 2. The molecule has 1 N–H and O–H groups in total. The SMILES string of the molecule is CCN(CC)C(=O)C1CCCN(C(=O)Nc2ccc(OC)cc2C)C1. The van der Waals surface area contributed by atoms with Crippen LogP contribution in [0.3, 0.4) is 0 Å². The molecule has 1 atom stereocenters. The normalized spacial score (nSPS) is 17.1. The van der Waals surface area contributed by atoms with Crippen LogP contribution in [0, 0.1) is 12.8 Å². The quantitative estimate of drug-likeness (QED) is 0.890. The van der Waals surface area contributed by atoms with E-state index >= 15 is 0 Å². The van der Waals surface area contributed by atoms with E-state index in [1.807, 2.05) is 43.9 Å². The van der Waals surface area contributed by atoms with Crippen LogP contribution in [-0.4, -0.2) is 55.0 Å². The zero-order valence-corrected chi connectivity index (χ0v) is 15.7. The van der Waals surface area contributed by atoms with E-state index in [-0.39, 0.29) is 17.9 Å². The Morgan fingerprint density at radius 1 is 1.32 bits per heavy atom. The van der Waals surface area contributed by atoms with Gasteiger partial charge in [0.15, 0.2) is 0 Å². The number of carbonyl (C=O) groups is 2. The second-order valence-electron chi connectivity index (χ2n) is 6.41. The van der Waals surface area contributed by atoms with Gasteiger partial charge in [0.25, 0.3) is 0 Å². The van der Waals surface area contributed by atoms with Gasteiger partial charge in [0.2, 0.25) is 5.91 Å². The van der Waals surface area contributed by atoms with Crippen molar-refractivity contribution in [3.8, 4) is 5.75 Å². The Morgan fingerprint density at radius 2 is 2.04 bits per heavy atom. The van der Waals surface area contributed by atoms with Crippen LogP contribution in [-0.2, 0) is 4.79 Å². The lowest BCUT2D eigenvalue weighted by Gasteiger charge is -2.34. The molecule has 1 aromatic rings. The van der Waals surface area contributed by atoms with Crippen LogP contribution in [0.15, 0.2) is 18.2 Å². The van der Waals surface area contributed by atoms with E-state index in [0.29, 0.717) is 26.2 Å². The number of hydrogen-bond donors (Lipinski definition) is 1. The van der Waals surface area contributed by atoms with Crippen LogP contribution in [0.4, 0.5) is 10.5 Å². The summed E-state index contributed by atoms with van der Waals surface area (Å²) < 4.78 is 5.19. The van der Waals surface area contributed by atoms with Crippen LogP contribution in [0.1, 0.15) is 32.3 Å². The first-order valence-electron chi connectivity index (χ1n) is 8.99. The third-order valence-electron chi connectivity index (χ3n) is 4.81. The number of rotatable bonds is 5. The van der Waals surface area contributed by atoms with Crippen LogP contribution in [0.25, 0.3) is 0 Å². The fourth-order valence-electron chi connectivity index (χ4n) is 3.25. The Hall–Kier alpha value is -2.24. The number of piperidine rings is 1. The van der Waals surface area contributed by atoms with Crippen LogP contribution < -0.4 is 10.1 Å². The molecule has 6 heteroatoms. The van der Waals surface area contributed by atoms with Gasteiger partial charge in [-0.2, -0.15) is 0 Å². The van der Waals surface area contributed by atoms with E-state index in [9.17, 15) is 9.59 Å². The minimum atomic E-state index is -0.148. The predicted octanol–water partition coefficient (Wildman–Crippen LogP) is 3.12. The lowest BCUT2D eigenvalue weighted by molar-refractivity contribution is -0.136. The van der Waals surface area contributed by atoms with Crippen molar-refractivity contribution >= 4 is 17.6 Å². The summed E-state index contributed by atoms with van der Waals surface area (Å²) in [4.78, 5) is 28.8. The second kappa shape index (κ2) is 8.74. The third-order valence-corrected chi connectivity index (χ3v) is 4.81. The number of aryl methyl sites for hydroxylation is 1. The van der Waals surface area contributed by atoms with Crippen molar-refractivity contribution in [2.75, 3.05) is 38.6 Å².